The van der Waals surface area contributed by atoms with E-state index in [4.69, 9.17) is 10.2 Å². The number of fused-ring (bicyclic) bond motifs is 1. The molecule has 0 atom stereocenters. The molecule has 0 bridgehead atoms. The fourth-order valence-electron chi connectivity index (χ4n) is 3.56. The molecule has 9 heteroatoms. The highest BCUT2D eigenvalue weighted by Gasteiger charge is 2.46. The van der Waals surface area contributed by atoms with Gasteiger partial charge in [-0.2, -0.15) is 10.2 Å². The summed E-state index contributed by atoms with van der Waals surface area (Å²) in [5, 5.41) is 11.2. The topological polar surface area (TPSA) is 121 Å². The van der Waals surface area contributed by atoms with Crippen molar-refractivity contribution in [1.29, 1.82) is 5.26 Å². The number of carbonyl (C=O) groups excluding carboxylic acids is 1. The van der Waals surface area contributed by atoms with E-state index < -0.39 is 5.54 Å². The Morgan fingerprint density at radius 2 is 2.27 bits per heavy atom. The largest absolute Gasteiger partial charge is 0.430 e. The van der Waals surface area contributed by atoms with Crippen molar-refractivity contribution in [2.75, 3.05) is 5.75 Å². The minimum Gasteiger partial charge on any atom is -0.430 e. The Labute approximate surface area is 154 Å². The van der Waals surface area contributed by atoms with Crippen LogP contribution in [0, 0.1) is 11.3 Å². The van der Waals surface area contributed by atoms with Crippen LogP contribution in [0.5, 0.6) is 0 Å². The highest BCUT2D eigenvalue weighted by atomic mass is 32.2. The number of nitriles is 1. The minimum absolute atomic E-state index is 0.0926. The lowest BCUT2D eigenvalue weighted by molar-refractivity contribution is -0.129. The number of nitrogens with one attached hydrogen (secondary N) is 1. The maximum absolute atomic E-state index is 12.7. The third-order valence-electron chi connectivity index (χ3n) is 4.83. The van der Waals surface area contributed by atoms with Gasteiger partial charge in [-0.3, -0.25) is 4.79 Å². The number of pyridine rings is 1. The summed E-state index contributed by atoms with van der Waals surface area (Å²) in [5.74, 6) is 0.0621. The SMILES string of the molecule is N#CC1=C(N)N(C(=O)CSc2nc3ncccc3o2)NC12CCCCC2. The van der Waals surface area contributed by atoms with Crippen LogP contribution >= 0.6 is 11.8 Å². The van der Waals surface area contributed by atoms with Crippen LogP contribution in [-0.2, 0) is 4.79 Å². The summed E-state index contributed by atoms with van der Waals surface area (Å²) in [5.41, 5.74) is 10.4. The van der Waals surface area contributed by atoms with Gasteiger partial charge in [-0.15, -0.1) is 0 Å². The molecule has 0 aromatic carbocycles. The lowest BCUT2D eigenvalue weighted by atomic mass is 9.78. The molecule has 1 fully saturated rings. The van der Waals surface area contributed by atoms with Gasteiger partial charge >= 0.3 is 0 Å². The first kappa shape index (κ1) is 16.9. The third kappa shape index (κ3) is 2.81. The van der Waals surface area contributed by atoms with Gasteiger partial charge in [-0.25, -0.2) is 15.4 Å². The molecule has 0 saturated heterocycles. The van der Waals surface area contributed by atoms with Gasteiger partial charge in [0.15, 0.2) is 11.2 Å². The Balaban J connectivity index is 1.48. The Bertz CT molecular complexity index is 892. The monoisotopic (exact) mass is 370 g/mol. The van der Waals surface area contributed by atoms with Crippen LogP contribution in [0.3, 0.4) is 0 Å². The van der Waals surface area contributed by atoms with E-state index in [0.29, 0.717) is 22.0 Å². The molecular weight excluding hydrogens is 352 g/mol. The predicted molar refractivity (Wildman–Crippen MR) is 95.2 cm³/mol. The van der Waals surface area contributed by atoms with Crippen molar-refractivity contribution in [3.05, 3.63) is 29.7 Å². The van der Waals surface area contributed by atoms with Crippen molar-refractivity contribution in [3.63, 3.8) is 0 Å². The van der Waals surface area contributed by atoms with Gasteiger partial charge in [-0.05, 0) is 25.0 Å². The van der Waals surface area contributed by atoms with Crippen molar-refractivity contribution in [2.45, 2.75) is 42.9 Å². The molecule has 4 rings (SSSR count). The number of nitrogens with two attached hydrogens (primary N) is 1. The average molecular weight is 370 g/mol. The number of hydrazine groups is 1. The summed E-state index contributed by atoms with van der Waals surface area (Å²) >= 11 is 1.18. The predicted octanol–water partition coefficient (Wildman–Crippen LogP) is 2.06. The number of aromatic nitrogens is 2. The molecule has 8 nitrogen and oxygen atoms in total. The van der Waals surface area contributed by atoms with E-state index in [-0.39, 0.29) is 17.5 Å². The van der Waals surface area contributed by atoms with Crippen LogP contribution in [-0.4, -0.2) is 32.2 Å². The van der Waals surface area contributed by atoms with Crippen molar-refractivity contribution in [2.24, 2.45) is 5.73 Å². The zero-order chi connectivity index (χ0) is 18.1. The van der Waals surface area contributed by atoms with E-state index >= 15 is 0 Å². The Hall–Kier alpha value is -2.57. The number of hydrogen-bond acceptors (Lipinski definition) is 8. The summed E-state index contributed by atoms with van der Waals surface area (Å²) in [6.07, 6.45) is 6.42. The number of nitrogens with zero attached hydrogens (tertiary/aromatic N) is 4. The van der Waals surface area contributed by atoms with E-state index in [1.807, 2.05) is 0 Å². The van der Waals surface area contributed by atoms with Crippen LogP contribution in [0.2, 0.25) is 0 Å². The standard InChI is InChI=1S/C17H18N6O2S/c18-9-11-14(19)23(22-17(11)6-2-1-3-7-17)13(24)10-26-16-21-15-12(25-16)5-4-8-20-15/h4-5,8,22H,1-3,6-7,10,19H2. The van der Waals surface area contributed by atoms with Crippen LogP contribution in [0.15, 0.2) is 39.4 Å². The van der Waals surface area contributed by atoms with Gasteiger partial charge in [0.25, 0.3) is 11.1 Å². The zero-order valence-corrected chi connectivity index (χ0v) is 14.9. The van der Waals surface area contributed by atoms with Crippen LogP contribution in [0.1, 0.15) is 32.1 Å². The summed E-state index contributed by atoms with van der Waals surface area (Å²) in [6.45, 7) is 0. The molecule has 1 saturated carbocycles. The van der Waals surface area contributed by atoms with E-state index in [2.05, 4.69) is 21.5 Å². The minimum atomic E-state index is -0.501. The Morgan fingerprint density at radius 3 is 3.00 bits per heavy atom. The highest BCUT2D eigenvalue weighted by Crippen LogP contribution is 2.39. The van der Waals surface area contributed by atoms with Crippen molar-refractivity contribution < 1.29 is 9.21 Å². The quantitative estimate of drug-likeness (QED) is 0.788. The maximum atomic E-state index is 12.7. The molecule has 26 heavy (non-hydrogen) atoms. The van der Waals surface area contributed by atoms with Crippen molar-refractivity contribution in [3.8, 4) is 6.07 Å². The molecule has 3 heterocycles. The fraction of sp³-hybridized carbons (Fsp3) is 0.412. The van der Waals surface area contributed by atoms with E-state index in [1.165, 1.54) is 16.8 Å². The molecule has 1 aliphatic carbocycles. The molecule has 1 amide bonds. The van der Waals surface area contributed by atoms with Crippen LogP contribution in [0.25, 0.3) is 11.2 Å². The molecule has 2 aromatic rings. The fourth-order valence-corrected chi connectivity index (χ4v) is 4.24. The van der Waals surface area contributed by atoms with Gasteiger partial charge in [0.2, 0.25) is 0 Å². The molecule has 1 aliphatic heterocycles. The molecule has 134 valence electrons. The molecule has 1 spiro atoms. The Kier molecular flexibility index (Phi) is 4.30. The highest BCUT2D eigenvalue weighted by molar-refractivity contribution is 7.99. The molecule has 0 unspecified atom stereocenters. The second kappa shape index (κ2) is 6.63. The second-order valence-corrected chi connectivity index (χ2v) is 7.38. The first-order valence-corrected chi connectivity index (χ1v) is 9.47. The van der Waals surface area contributed by atoms with Gasteiger partial charge < -0.3 is 10.2 Å². The zero-order valence-electron chi connectivity index (χ0n) is 14.1. The number of rotatable bonds is 3. The maximum Gasteiger partial charge on any atom is 0.258 e. The summed E-state index contributed by atoms with van der Waals surface area (Å²) < 4.78 is 5.56. The van der Waals surface area contributed by atoms with Gasteiger partial charge in [0.05, 0.1) is 16.9 Å². The molecular formula is C17H18N6O2S. The lowest BCUT2D eigenvalue weighted by Gasteiger charge is -2.34. The number of thioether (sulfide) groups is 1. The summed E-state index contributed by atoms with van der Waals surface area (Å²) in [7, 11) is 0. The van der Waals surface area contributed by atoms with Gasteiger partial charge in [-0.1, -0.05) is 31.0 Å². The van der Waals surface area contributed by atoms with Gasteiger partial charge in [0.1, 0.15) is 11.9 Å². The third-order valence-corrected chi connectivity index (χ3v) is 5.65. The number of carbonyl (C=O) groups is 1. The summed E-state index contributed by atoms with van der Waals surface area (Å²) in [4.78, 5) is 21.0. The number of amides is 1. The van der Waals surface area contributed by atoms with E-state index in [0.717, 1.165) is 32.1 Å². The average Bonchev–Trinajstić information content (AvgIpc) is 3.19. The molecule has 2 aliphatic rings. The normalized spacial score (nSPS) is 19.3. The van der Waals surface area contributed by atoms with Crippen LogP contribution < -0.4 is 11.2 Å². The first-order chi connectivity index (χ1) is 12.6. The number of oxazole rings is 1. The molecule has 3 N–H and O–H groups in total. The lowest BCUT2D eigenvalue weighted by Crippen LogP contribution is -2.52. The Morgan fingerprint density at radius 1 is 1.46 bits per heavy atom. The van der Waals surface area contributed by atoms with Gasteiger partial charge in [0, 0.05) is 6.20 Å². The smallest absolute Gasteiger partial charge is 0.258 e. The van der Waals surface area contributed by atoms with E-state index in [1.54, 1.807) is 18.3 Å². The molecule has 0 radical (unpaired) electrons. The van der Waals surface area contributed by atoms with E-state index in [9.17, 15) is 10.1 Å². The van der Waals surface area contributed by atoms with Crippen LogP contribution in [0.4, 0.5) is 0 Å². The first-order valence-electron chi connectivity index (χ1n) is 8.48. The van der Waals surface area contributed by atoms with Crippen molar-refractivity contribution >= 4 is 28.9 Å². The number of hydrogen-bond donors (Lipinski definition) is 2. The second-order valence-electron chi connectivity index (χ2n) is 6.45. The summed E-state index contributed by atoms with van der Waals surface area (Å²) in [6, 6.07) is 5.74. The molecule has 2 aromatic heterocycles. The van der Waals surface area contributed by atoms with Crippen molar-refractivity contribution in [1.82, 2.24) is 20.4 Å².